The van der Waals surface area contributed by atoms with Gasteiger partial charge in [-0.1, -0.05) is 11.6 Å². The van der Waals surface area contributed by atoms with Gasteiger partial charge in [-0.2, -0.15) is 0 Å². The molecule has 2 heterocycles. The fraction of sp³-hybridized carbons (Fsp3) is 0.429. The quantitative estimate of drug-likeness (QED) is 0.298. The molecule has 0 spiro atoms. The zero-order valence-electron chi connectivity index (χ0n) is 19.4. The van der Waals surface area contributed by atoms with E-state index in [1.165, 1.54) is 18.0 Å². The second-order valence-electron chi connectivity index (χ2n) is 8.64. The lowest BCUT2D eigenvalue weighted by molar-refractivity contribution is -0.384. The molecule has 2 aromatic rings. The Labute approximate surface area is 205 Å². The number of halogens is 2. The molecule has 12 nitrogen and oxygen atoms in total. The van der Waals surface area contributed by atoms with E-state index in [9.17, 15) is 29.5 Å². The fourth-order valence-electron chi connectivity index (χ4n) is 3.26. The van der Waals surface area contributed by atoms with Gasteiger partial charge in [0.1, 0.15) is 29.4 Å². The number of carbonyl (C=O) groups is 1. The molecule has 0 aliphatic carbocycles. The maximum Gasteiger partial charge on any atom is 0.410 e. The highest BCUT2D eigenvalue weighted by Gasteiger charge is 2.36. The second-order valence-corrected chi connectivity index (χ2v) is 9.03. The lowest BCUT2D eigenvalue weighted by Gasteiger charge is -2.39. The molecule has 1 aromatic carbocycles. The van der Waals surface area contributed by atoms with Gasteiger partial charge in [0, 0.05) is 25.2 Å². The SMILES string of the molecule is CN(CCOc1nc(Cl)cc2c1C(O)NC(O)N2c1cc([N+](=O)[O-])ccc1F)C(=O)OC(C)(C)C. The van der Waals surface area contributed by atoms with Crippen LogP contribution in [-0.2, 0) is 4.74 Å². The van der Waals surface area contributed by atoms with Crippen molar-refractivity contribution in [2.75, 3.05) is 25.1 Å². The molecule has 3 N–H and O–H groups in total. The molecule has 35 heavy (non-hydrogen) atoms. The van der Waals surface area contributed by atoms with Crippen LogP contribution in [0.15, 0.2) is 24.3 Å². The van der Waals surface area contributed by atoms with Crippen molar-refractivity contribution in [3.63, 3.8) is 0 Å². The standard InChI is InChI=1S/C21H25ClFN5O7/c1-21(2,3)35-20(31)26(4)7-8-34-18-16-14(10-15(22)24-18)27(19(30)25-17(16)29)13-9-11(28(32)33)5-6-12(13)23/h5-6,9-10,17,19,25,29-30H,7-8H2,1-4H3. The van der Waals surface area contributed by atoms with E-state index in [4.69, 9.17) is 21.1 Å². The van der Waals surface area contributed by atoms with Crippen LogP contribution in [0.25, 0.3) is 0 Å². The minimum Gasteiger partial charge on any atom is -0.475 e. The molecule has 0 radical (unpaired) electrons. The van der Waals surface area contributed by atoms with Crippen LogP contribution in [0.3, 0.4) is 0 Å². The Morgan fingerprint density at radius 3 is 2.66 bits per heavy atom. The van der Waals surface area contributed by atoms with E-state index in [0.29, 0.717) is 0 Å². The zero-order chi connectivity index (χ0) is 26.1. The number of hydrogen-bond donors (Lipinski definition) is 3. The maximum absolute atomic E-state index is 14.7. The van der Waals surface area contributed by atoms with Crippen molar-refractivity contribution in [3.8, 4) is 5.88 Å². The Kier molecular flexibility index (Phi) is 7.65. The number of amides is 1. The average Bonchev–Trinajstić information content (AvgIpc) is 2.72. The second kappa shape index (κ2) is 10.2. The fourth-order valence-corrected chi connectivity index (χ4v) is 3.44. The van der Waals surface area contributed by atoms with E-state index in [1.807, 2.05) is 0 Å². The highest BCUT2D eigenvalue weighted by molar-refractivity contribution is 6.29. The summed E-state index contributed by atoms with van der Waals surface area (Å²) in [7, 11) is 1.51. The summed E-state index contributed by atoms with van der Waals surface area (Å²) in [6.07, 6.45) is -3.74. The first-order valence-electron chi connectivity index (χ1n) is 10.4. The Bertz CT molecular complexity index is 1130. The van der Waals surface area contributed by atoms with Crippen LogP contribution < -0.4 is 15.0 Å². The van der Waals surface area contributed by atoms with Crippen LogP contribution in [0.1, 0.15) is 32.6 Å². The first kappa shape index (κ1) is 26.3. The maximum atomic E-state index is 14.7. The minimum absolute atomic E-state index is 0.00512. The predicted molar refractivity (Wildman–Crippen MR) is 123 cm³/mol. The number of ether oxygens (including phenoxy) is 2. The third kappa shape index (κ3) is 6.06. The number of nitrogens with one attached hydrogen (secondary N) is 1. The molecule has 2 unspecified atom stereocenters. The largest absolute Gasteiger partial charge is 0.475 e. The number of likely N-dealkylation sites (N-methyl/N-ethyl adjacent to an activating group) is 1. The molecule has 0 bridgehead atoms. The van der Waals surface area contributed by atoms with Crippen LogP contribution in [0.4, 0.5) is 26.2 Å². The number of nitro groups is 1. The Morgan fingerprint density at radius 1 is 1.34 bits per heavy atom. The lowest BCUT2D eigenvalue weighted by atomic mass is 10.1. The van der Waals surface area contributed by atoms with E-state index in [0.717, 1.165) is 23.1 Å². The molecule has 1 aliphatic rings. The number of anilines is 2. The van der Waals surface area contributed by atoms with Gasteiger partial charge in [-0.25, -0.2) is 19.5 Å². The van der Waals surface area contributed by atoms with Gasteiger partial charge in [-0.15, -0.1) is 0 Å². The molecular formula is C21H25ClFN5O7. The smallest absolute Gasteiger partial charge is 0.410 e. The van der Waals surface area contributed by atoms with Crippen molar-refractivity contribution in [1.82, 2.24) is 15.2 Å². The third-order valence-electron chi connectivity index (χ3n) is 4.83. The summed E-state index contributed by atoms with van der Waals surface area (Å²) in [6, 6.07) is 4.06. The van der Waals surface area contributed by atoms with Crippen LogP contribution in [0, 0.1) is 15.9 Å². The predicted octanol–water partition coefficient (Wildman–Crippen LogP) is 3.04. The lowest BCUT2D eigenvalue weighted by Crippen LogP contribution is -2.49. The molecule has 0 saturated carbocycles. The molecule has 14 heteroatoms. The summed E-state index contributed by atoms with van der Waals surface area (Å²) in [5.41, 5.74) is -1.42. The summed E-state index contributed by atoms with van der Waals surface area (Å²) >= 11 is 6.13. The van der Waals surface area contributed by atoms with Gasteiger partial charge in [-0.05, 0) is 26.8 Å². The zero-order valence-corrected chi connectivity index (χ0v) is 20.1. The summed E-state index contributed by atoms with van der Waals surface area (Å²) < 4.78 is 25.6. The molecule has 1 aliphatic heterocycles. The number of aliphatic hydroxyl groups is 2. The van der Waals surface area contributed by atoms with Crippen molar-refractivity contribution in [1.29, 1.82) is 0 Å². The molecule has 190 valence electrons. The van der Waals surface area contributed by atoms with Crippen LogP contribution in [0.2, 0.25) is 5.15 Å². The molecule has 1 aromatic heterocycles. The first-order valence-corrected chi connectivity index (χ1v) is 10.8. The molecule has 0 fully saturated rings. The van der Waals surface area contributed by atoms with Crippen LogP contribution in [-0.4, -0.2) is 63.3 Å². The molecule has 1 amide bonds. The monoisotopic (exact) mass is 513 g/mol. The number of benzene rings is 1. The number of aliphatic hydroxyl groups excluding tert-OH is 2. The number of carbonyl (C=O) groups excluding carboxylic acids is 1. The minimum atomic E-state index is -1.67. The van der Waals surface area contributed by atoms with E-state index < -0.39 is 40.7 Å². The Balaban J connectivity index is 1.91. The van der Waals surface area contributed by atoms with E-state index in [2.05, 4.69) is 10.3 Å². The molecule has 2 atom stereocenters. The summed E-state index contributed by atoms with van der Waals surface area (Å²) in [6.45, 7) is 5.21. The number of nitrogens with zero attached hydrogens (tertiary/aromatic N) is 4. The number of fused-ring (bicyclic) bond motifs is 1. The van der Waals surface area contributed by atoms with E-state index >= 15 is 0 Å². The first-order chi connectivity index (χ1) is 16.3. The van der Waals surface area contributed by atoms with Gasteiger partial charge in [0.25, 0.3) is 5.69 Å². The van der Waals surface area contributed by atoms with Crippen LogP contribution in [0.5, 0.6) is 5.88 Å². The van der Waals surface area contributed by atoms with Gasteiger partial charge in [0.05, 0.1) is 28.4 Å². The summed E-state index contributed by atoms with van der Waals surface area (Å²) in [5, 5.41) is 34.6. The average molecular weight is 514 g/mol. The molecular weight excluding hydrogens is 489 g/mol. The Morgan fingerprint density at radius 2 is 2.03 bits per heavy atom. The number of rotatable bonds is 6. The van der Waals surface area contributed by atoms with Gasteiger partial charge in [0.2, 0.25) is 5.88 Å². The number of pyridine rings is 1. The van der Waals surface area contributed by atoms with Crippen molar-refractivity contribution in [2.24, 2.45) is 0 Å². The summed E-state index contributed by atoms with van der Waals surface area (Å²) in [4.78, 5) is 28.9. The Hall–Kier alpha value is -3.26. The van der Waals surface area contributed by atoms with Crippen molar-refractivity contribution in [3.05, 3.63) is 50.9 Å². The van der Waals surface area contributed by atoms with Crippen molar-refractivity contribution in [2.45, 2.75) is 39.0 Å². The normalized spacial score (nSPS) is 17.5. The van der Waals surface area contributed by atoms with Gasteiger partial charge in [0.15, 0.2) is 6.35 Å². The number of non-ortho nitro benzene ring substituents is 1. The van der Waals surface area contributed by atoms with Gasteiger partial charge >= 0.3 is 6.09 Å². The van der Waals surface area contributed by atoms with Gasteiger partial charge in [-0.3, -0.25) is 15.0 Å². The topological polar surface area (TPSA) is 151 Å². The van der Waals surface area contributed by atoms with E-state index in [1.54, 1.807) is 20.8 Å². The van der Waals surface area contributed by atoms with Crippen molar-refractivity contribution >= 4 is 34.8 Å². The summed E-state index contributed by atoms with van der Waals surface area (Å²) in [5.74, 6) is -1.01. The number of hydrogen-bond acceptors (Lipinski definition) is 10. The van der Waals surface area contributed by atoms with Gasteiger partial charge < -0.3 is 24.6 Å². The molecule has 3 rings (SSSR count). The van der Waals surface area contributed by atoms with E-state index in [-0.39, 0.29) is 41.1 Å². The molecule has 0 saturated heterocycles. The number of nitro benzene ring substituents is 1. The third-order valence-corrected chi connectivity index (χ3v) is 5.02. The van der Waals surface area contributed by atoms with Crippen molar-refractivity contribution < 1.29 is 33.8 Å². The van der Waals surface area contributed by atoms with Crippen LogP contribution >= 0.6 is 11.6 Å². The highest BCUT2D eigenvalue weighted by Crippen LogP contribution is 2.43. The number of aromatic nitrogens is 1. The highest BCUT2D eigenvalue weighted by atomic mass is 35.5.